The van der Waals surface area contributed by atoms with E-state index in [2.05, 4.69) is 26.6 Å². The zero-order valence-electron chi connectivity index (χ0n) is 17.3. The number of benzene rings is 2. The molecule has 7 nitrogen and oxygen atoms in total. The first-order valence-electron chi connectivity index (χ1n) is 10.2. The molecule has 0 saturated carbocycles. The summed E-state index contributed by atoms with van der Waals surface area (Å²) in [5.74, 6) is -0.925. The van der Waals surface area contributed by atoms with E-state index in [1.807, 2.05) is 54.6 Å². The average Bonchev–Trinajstić information content (AvgIpc) is 2.79. The van der Waals surface area contributed by atoms with Crippen molar-refractivity contribution >= 4 is 39.5 Å². The smallest absolute Gasteiger partial charge is 0.321 e. The summed E-state index contributed by atoms with van der Waals surface area (Å²) in [4.78, 5) is 39.2. The number of methoxy groups -OCH3 is 1. The molecule has 164 valence electrons. The third-order valence-corrected chi connectivity index (χ3v) is 5.76. The minimum absolute atomic E-state index is 0.0314. The molecule has 0 aliphatic carbocycles. The standard InChI is InChI=1S/C23H26BrN3O4/c1-31-21(28)14-20(16-7-5-9-18(24)13-16)26-22(29)17-8-6-12-27(15-17)23(30)25-19-10-3-2-4-11-19/h2-5,7,9-11,13,17,20H,6,8,12,14-15H2,1H3,(H,25,30)(H,26,29). The Labute approximate surface area is 190 Å². The maximum absolute atomic E-state index is 13.0. The van der Waals surface area contributed by atoms with Crippen molar-refractivity contribution < 1.29 is 19.1 Å². The van der Waals surface area contributed by atoms with Gasteiger partial charge in [0.15, 0.2) is 0 Å². The van der Waals surface area contributed by atoms with Gasteiger partial charge in [-0.1, -0.05) is 46.3 Å². The molecule has 0 spiro atoms. The predicted molar refractivity (Wildman–Crippen MR) is 121 cm³/mol. The second-order valence-electron chi connectivity index (χ2n) is 7.48. The van der Waals surface area contributed by atoms with E-state index >= 15 is 0 Å². The Morgan fingerprint density at radius 1 is 1.16 bits per heavy atom. The molecule has 2 unspecified atom stereocenters. The summed E-state index contributed by atoms with van der Waals surface area (Å²) in [7, 11) is 1.33. The zero-order chi connectivity index (χ0) is 22.2. The highest BCUT2D eigenvalue weighted by Gasteiger charge is 2.30. The van der Waals surface area contributed by atoms with E-state index in [4.69, 9.17) is 4.74 Å². The second-order valence-corrected chi connectivity index (χ2v) is 8.39. The number of nitrogens with zero attached hydrogens (tertiary/aromatic N) is 1. The Morgan fingerprint density at radius 3 is 2.65 bits per heavy atom. The number of piperidine rings is 1. The van der Waals surface area contributed by atoms with Gasteiger partial charge in [-0.05, 0) is 42.7 Å². The molecule has 0 aromatic heterocycles. The number of esters is 1. The maximum atomic E-state index is 13.0. The monoisotopic (exact) mass is 487 g/mol. The molecule has 1 heterocycles. The van der Waals surface area contributed by atoms with Crippen molar-refractivity contribution in [1.29, 1.82) is 0 Å². The van der Waals surface area contributed by atoms with Crippen LogP contribution in [0.1, 0.15) is 30.9 Å². The Morgan fingerprint density at radius 2 is 1.94 bits per heavy atom. The minimum Gasteiger partial charge on any atom is -0.469 e. The van der Waals surface area contributed by atoms with Gasteiger partial charge in [-0.3, -0.25) is 9.59 Å². The molecule has 31 heavy (non-hydrogen) atoms. The van der Waals surface area contributed by atoms with Crippen molar-refractivity contribution in [2.45, 2.75) is 25.3 Å². The molecule has 3 rings (SSSR count). The maximum Gasteiger partial charge on any atom is 0.321 e. The molecule has 3 amide bonds. The van der Waals surface area contributed by atoms with Gasteiger partial charge >= 0.3 is 12.0 Å². The lowest BCUT2D eigenvalue weighted by molar-refractivity contribution is -0.141. The Kier molecular flexibility index (Phi) is 8.06. The van der Waals surface area contributed by atoms with Crippen molar-refractivity contribution in [1.82, 2.24) is 10.2 Å². The molecule has 2 aromatic rings. The topological polar surface area (TPSA) is 87.7 Å². The number of halogens is 1. The molecule has 2 N–H and O–H groups in total. The van der Waals surface area contributed by atoms with Gasteiger partial charge in [-0.2, -0.15) is 0 Å². The number of rotatable bonds is 6. The van der Waals surface area contributed by atoms with Gasteiger partial charge in [0.05, 0.1) is 25.5 Å². The summed E-state index contributed by atoms with van der Waals surface area (Å²) < 4.78 is 5.66. The number of para-hydroxylation sites is 1. The Hall–Kier alpha value is -2.87. The van der Waals surface area contributed by atoms with Gasteiger partial charge in [-0.15, -0.1) is 0 Å². The van der Waals surface area contributed by atoms with Crippen LogP contribution in [0, 0.1) is 5.92 Å². The fourth-order valence-electron chi connectivity index (χ4n) is 3.61. The number of anilines is 1. The van der Waals surface area contributed by atoms with Gasteiger partial charge in [0.25, 0.3) is 0 Å². The zero-order valence-corrected chi connectivity index (χ0v) is 18.9. The first kappa shape index (κ1) is 22.8. The molecule has 1 aliphatic rings. The lowest BCUT2D eigenvalue weighted by atomic mass is 9.95. The number of hydrogen-bond donors (Lipinski definition) is 2. The Bertz CT molecular complexity index is 922. The number of hydrogen-bond acceptors (Lipinski definition) is 4. The van der Waals surface area contributed by atoms with Crippen molar-refractivity contribution in [2.75, 3.05) is 25.5 Å². The van der Waals surface area contributed by atoms with Crippen LogP contribution < -0.4 is 10.6 Å². The lowest BCUT2D eigenvalue weighted by Gasteiger charge is -2.33. The number of urea groups is 1. The van der Waals surface area contributed by atoms with E-state index in [-0.39, 0.29) is 24.3 Å². The molecule has 1 saturated heterocycles. The SMILES string of the molecule is COC(=O)CC(NC(=O)C1CCCN(C(=O)Nc2ccccc2)C1)c1cccc(Br)c1. The third kappa shape index (κ3) is 6.55. The van der Waals surface area contributed by atoms with E-state index in [1.165, 1.54) is 7.11 Å². The molecular weight excluding hydrogens is 462 g/mol. The minimum atomic E-state index is -0.508. The van der Waals surface area contributed by atoms with Gasteiger partial charge in [0, 0.05) is 23.2 Å². The summed E-state index contributed by atoms with van der Waals surface area (Å²) >= 11 is 3.43. The van der Waals surface area contributed by atoms with Gasteiger partial charge < -0.3 is 20.3 Å². The van der Waals surface area contributed by atoms with Crippen LogP contribution in [0.3, 0.4) is 0 Å². The van der Waals surface area contributed by atoms with Crippen LogP contribution in [0.4, 0.5) is 10.5 Å². The molecule has 8 heteroatoms. The van der Waals surface area contributed by atoms with Crippen LogP contribution in [-0.2, 0) is 14.3 Å². The summed E-state index contributed by atoms with van der Waals surface area (Å²) in [5, 5.41) is 5.85. The lowest BCUT2D eigenvalue weighted by Crippen LogP contribution is -2.47. The Balaban J connectivity index is 1.65. The predicted octanol–water partition coefficient (Wildman–Crippen LogP) is 4.11. The van der Waals surface area contributed by atoms with Crippen molar-refractivity contribution in [3.05, 3.63) is 64.6 Å². The van der Waals surface area contributed by atoms with E-state index in [0.717, 1.165) is 16.5 Å². The fraction of sp³-hybridized carbons (Fsp3) is 0.348. The molecule has 1 aliphatic heterocycles. The molecule has 0 bridgehead atoms. The van der Waals surface area contributed by atoms with Crippen molar-refractivity contribution in [3.8, 4) is 0 Å². The summed E-state index contributed by atoms with van der Waals surface area (Å²) in [5.41, 5.74) is 1.52. The number of carbonyl (C=O) groups excluding carboxylic acids is 3. The van der Waals surface area contributed by atoms with Gasteiger partial charge in [-0.25, -0.2) is 4.79 Å². The number of likely N-dealkylation sites (tertiary alicyclic amines) is 1. The summed E-state index contributed by atoms with van der Waals surface area (Å²) in [6, 6.07) is 16.0. The number of amides is 3. The largest absolute Gasteiger partial charge is 0.469 e. The highest BCUT2D eigenvalue weighted by Crippen LogP contribution is 2.24. The van der Waals surface area contributed by atoms with Gasteiger partial charge in [0.1, 0.15) is 0 Å². The van der Waals surface area contributed by atoms with Crippen LogP contribution in [0.5, 0.6) is 0 Å². The molecule has 2 aromatic carbocycles. The van der Waals surface area contributed by atoms with Crippen LogP contribution >= 0.6 is 15.9 Å². The molecule has 1 fully saturated rings. The highest BCUT2D eigenvalue weighted by molar-refractivity contribution is 9.10. The molecule has 2 atom stereocenters. The normalized spacial score (nSPS) is 16.8. The first-order chi connectivity index (χ1) is 15.0. The van der Waals surface area contributed by atoms with Crippen molar-refractivity contribution in [2.24, 2.45) is 5.92 Å². The van der Waals surface area contributed by atoms with E-state index in [0.29, 0.717) is 25.2 Å². The van der Waals surface area contributed by atoms with Crippen LogP contribution in [0.2, 0.25) is 0 Å². The van der Waals surface area contributed by atoms with E-state index < -0.39 is 12.0 Å². The number of carbonyl (C=O) groups is 3. The number of ether oxygens (including phenoxy) is 1. The third-order valence-electron chi connectivity index (χ3n) is 5.27. The van der Waals surface area contributed by atoms with Crippen LogP contribution in [0.15, 0.2) is 59.1 Å². The van der Waals surface area contributed by atoms with Crippen LogP contribution in [-0.4, -0.2) is 43.0 Å². The quantitative estimate of drug-likeness (QED) is 0.600. The van der Waals surface area contributed by atoms with E-state index in [1.54, 1.807) is 4.90 Å². The highest BCUT2D eigenvalue weighted by atomic mass is 79.9. The fourth-order valence-corrected chi connectivity index (χ4v) is 4.03. The van der Waals surface area contributed by atoms with Crippen LogP contribution in [0.25, 0.3) is 0 Å². The van der Waals surface area contributed by atoms with Crippen molar-refractivity contribution in [3.63, 3.8) is 0 Å². The average molecular weight is 488 g/mol. The number of nitrogens with one attached hydrogen (secondary N) is 2. The molecular formula is C23H26BrN3O4. The summed E-state index contributed by atoms with van der Waals surface area (Å²) in [6.45, 7) is 0.924. The first-order valence-corrected chi connectivity index (χ1v) is 11.0. The van der Waals surface area contributed by atoms with E-state index in [9.17, 15) is 14.4 Å². The molecule has 0 radical (unpaired) electrons. The second kappa shape index (κ2) is 10.9. The van der Waals surface area contributed by atoms with Gasteiger partial charge in [0.2, 0.25) is 5.91 Å². The summed E-state index contributed by atoms with van der Waals surface area (Å²) in [6.07, 6.45) is 1.45.